The molecule has 4 unspecified atom stereocenters. The van der Waals surface area contributed by atoms with Gasteiger partial charge >= 0.3 is 11.9 Å². The Bertz CT molecular complexity index is 616. The number of carboxylic acid groups (broad SMARTS) is 1. The van der Waals surface area contributed by atoms with E-state index in [1.54, 1.807) is 0 Å². The molecule has 0 aliphatic heterocycles. The van der Waals surface area contributed by atoms with Gasteiger partial charge in [-0.1, -0.05) is 164 Å². The van der Waals surface area contributed by atoms with Gasteiger partial charge in [-0.25, -0.2) is 0 Å². The molecule has 0 heterocycles. The molecule has 0 bridgehead atoms. The Morgan fingerprint density at radius 2 is 1.05 bits per heavy atom. The first-order chi connectivity index (χ1) is 20.3. The van der Waals surface area contributed by atoms with Crippen LogP contribution in [0.2, 0.25) is 0 Å². The fourth-order valence-electron chi connectivity index (χ4n) is 6.59. The zero-order valence-corrected chi connectivity index (χ0v) is 29.2. The molecule has 0 saturated carbocycles. The van der Waals surface area contributed by atoms with Crippen molar-refractivity contribution in [2.45, 2.75) is 196 Å². The lowest BCUT2D eigenvalue weighted by Gasteiger charge is -2.32. The van der Waals surface area contributed by atoms with E-state index >= 15 is 0 Å². The first-order valence-electron chi connectivity index (χ1n) is 18.7. The maximum Gasteiger partial charge on any atom is 0.309 e. The number of carboxylic acids is 1. The molecule has 0 aromatic carbocycles. The van der Waals surface area contributed by atoms with Crippen LogP contribution < -0.4 is 0 Å². The van der Waals surface area contributed by atoms with E-state index in [1.165, 1.54) is 109 Å². The van der Waals surface area contributed by atoms with Crippen LogP contribution in [0.25, 0.3) is 0 Å². The highest BCUT2D eigenvalue weighted by Gasteiger charge is 2.33. The molecule has 0 fully saturated rings. The molecule has 42 heavy (non-hydrogen) atoms. The highest BCUT2D eigenvalue weighted by molar-refractivity contribution is 5.73. The summed E-state index contributed by atoms with van der Waals surface area (Å²) < 4.78 is 6.11. The molecule has 0 aromatic rings. The molecular formula is C38H74O4. The van der Waals surface area contributed by atoms with E-state index in [2.05, 4.69) is 41.5 Å². The number of hydrogen-bond acceptors (Lipinski definition) is 3. The lowest BCUT2D eigenvalue weighted by Crippen LogP contribution is -2.32. The molecule has 0 saturated heterocycles. The largest absolute Gasteiger partial charge is 0.481 e. The minimum atomic E-state index is -0.667. The van der Waals surface area contributed by atoms with Gasteiger partial charge in [0.15, 0.2) is 0 Å². The Kier molecular flexibility index (Phi) is 28.0. The lowest BCUT2D eigenvalue weighted by atomic mass is 9.74. The Balaban J connectivity index is 4.58. The molecule has 4 nitrogen and oxygen atoms in total. The summed E-state index contributed by atoms with van der Waals surface area (Å²) in [5, 5.41) is 8.70. The Morgan fingerprint density at radius 1 is 0.595 bits per heavy atom. The molecule has 0 amide bonds. The Labute approximate surface area is 262 Å². The Hall–Kier alpha value is -1.06. The van der Waals surface area contributed by atoms with Gasteiger partial charge in [0.1, 0.15) is 0 Å². The van der Waals surface area contributed by atoms with Crippen LogP contribution in [0.4, 0.5) is 0 Å². The molecule has 4 heteroatoms. The van der Waals surface area contributed by atoms with E-state index in [9.17, 15) is 9.59 Å². The molecule has 0 rings (SSSR count). The summed E-state index contributed by atoms with van der Waals surface area (Å²) in [5.74, 6) is 1.54. The number of esters is 1. The number of hydrogen-bond donors (Lipinski definition) is 1. The highest BCUT2D eigenvalue weighted by atomic mass is 16.5. The van der Waals surface area contributed by atoms with Crippen LogP contribution in [0.1, 0.15) is 196 Å². The maximum absolute atomic E-state index is 13.6. The van der Waals surface area contributed by atoms with E-state index < -0.39 is 5.97 Å². The van der Waals surface area contributed by atoms with Gasteiger partial charge < -0.3 is 9.84 Å². The third-order valence-corrected chi connectivity index (χ3v) is 9.74. The molecule has 0 aliphatic carbocycles. The van der Waals surface area contributed by atoms with Crippen LogP contribution in [0.5, 0.6) is 0 Å². The average Bonchev–Trinajstić information content (AvgIpc) is 2.97. The zero-order valence-electron chi connectivity index (χ0n) is 29.2. The molecule has 0 aliphatic rings. The number of aliphatic carboxylic acids is 1. The van der Waals surface area contributed by atoms with Crippen LogP contribution in [-0.4, -0.2) is 23.7 Å². The topological polar surface area (TPSA) is 63.6 Å². The molecule has 0 aromatic heterocycles. The van der Waals surface area contributed by atoms with Gasteiger partial charge in [-0.05, 0) is 49.4 Å². The minimum Gasteiger partial charge on any atom is -0.481 e. The van der Waals surface area contributed by atoms with E-state index in [1.807, 2.05) is 0 Å². The van der Waals surface area contributed by atoms with Gasteiger partial charge in [0.05, 0.1) is 12.5 Å². The van der Waals surface area contributed by atoms with Gasteiger partial charge in [-0.3, -0.25) is 9.59 Å². The van der Waals surface area contributed by atoms with Crippen molar-refractivity contribution in [1.29, 1.82) is 0 Å². The summed E-state index contributed by atoms with van der Waals surface area (Å²) in [6.07, 6.45) is 28.2. The number of rotatable bonds is 31. The average molecular weight is 595 g/mol. The van der Waals surface area contributed by atoms with Crippen molar-refractivity contribution in [2.75, 3.05) is 6.61 Å². The van der Waals surface area contributed by atoms with Gasteiger partial charge in [-0.15, -0.1) is 0 Å². The predicted molar refractivity (Wildman–Crippen MR) is 181 cm³/mol. The zero-order chi connectivity index (χ0) is 31.4. The quantitative estimate of drug-likeness (QED) is 0.0640. The fraction of sp³-hybridized carbons (Fsp3) is 0.947. The first kappa shape index (κ1) is 40.9. The van der Waals surface area contributed by atoms with Gasteiger partial charge in [0.2, 0.25) is 0 Å². The van der Waals surface area contributed by atoms with Crippen LogP contribution >= 0.6 is 0 Å². The molecule has 1 N–H and O–H groups in total. The highest BCUT2D eigenvalue weighted by Crippen LogP contribution is 2.35. The van der Waals surface area contributed by atoms with Gasteiger partial charge in [-0.2, -0.15) is 0 Å². The summed E-state index contributed by atoms with van der Waals surface area (Å²) in [6, 6.07) is 0. The van der Waals surface area contributed by atoms with Gasteiger partial charge in [0, 0.05) is 6.42 Å². The normalized spacial score (nSPS) is 14.5. The van der Waals surface area contributed by atoms with Crippen LogP contribution in [0.15, 0.2) is 0 Å². The van der Waals surface area contributed by atoms with Gasteiger partial charge in [0.25, 0.3) is 0 Å². The molecular weight excluding hydrogens is 520 g/mol. The second-order valence-corrected chi connectivity index (χ2v) is 13.7. The summed E-state index contributed by atoms with van der Waals surface area (Å²) in [5.41, 5.74) is 0. The predicted octanol–water partition coefficient (Wildman–Crippen LogP) is 12.2. The number of unbranched alkanes of at least 4 members (excludes halogenated alkanes) is 14. The summed E-state index contributed by atoms with van der Waals surface area (Å²) >= 11 is 0. The SMILES string of the molecule is CCCCC(CC)COC(=O)C(CC(CC)CCCC)C(CCCCCCCCCCCCCCCC(=O)O)C(C)C. The van der Waals surface area contributed by atoms with Crippen LogP contribution in [0.3, 0.4) is 0 Å². The summed E-state index contributed by atoms with van der Waals surface area (Å²) in [7, 11) is 0. The van der Waals surface area contributed by atoms with Crippen molar-refractivity contribution < 1.29 is 19.4 Å². The smallest absolute Gasteiger partial charge is 0.309 e. The fourth-order valence-corrected chi connectivity index (χ4v) is 6.59. The van der Waals surface area contributed by atoms with Crippen molar-refractivity contribution in [3.8, 4) is 0 Å². The van der Waals surface area contributed by atoms with Crippen LogP contribution in [0, 0.1) is 29.6 Å². The number of carbonyl (C=O) groups is 2. The van der Waals surface area contributed by atoms with E-state index in [4.69, 9.17) is 9.84 Å². The number of ether oxygens (including phenoxy) is 1. The van der Waals surface area contributed by atoms with Crippen molar-refractivity contribution in [3.63, 3.8) is 0 Å². The molecule has 0 spiro atoms. The van der Waals surface area contributed by atoms with E-state index in [-0.39, 0.29) is 11.9 Å². The lowest BCUT2D eigenvalue weighted by molar-refractivity contribution is -0.154. The van der Waals surface area contributed by atoms with Crippen molar-refractivity contribution in [2.24, 2.45) is 29.6 Å². The van der Waals surface area contributed by atoms with E-state index in [0.717, 1.165) is 38.5 Å². The van der Waals surface area contributed by atoms with Crippen molar-refractivity contribution in [1.82, 2.24) is 0 Å². The minimum absolute atomic E-state index is 0.0488. The standard InChI is InChI=1S/C38H74O4/c1-7-11-26-33(9-3)30-36(38(41)42-31-34(10-4)27-12-8-2)35(32(5)6)28-24-22-20-18-16-14-13-15-17-19-21-23-25-29-37(39)40/h32-36H,7-31H2,1-6H3,(H,39,40). The summed E-state index contributed by atoms with van der Waals surface area (Å²) in [4.78, 5) is 24.2. The Morgan fingerprint density at radius 3 is 1.48 bits per heavy atom. The molecule has 4 atom stereocenters. The molecule has 250 valence electrons. The maximum atomic E-state index is 13.6. The van der Waals surface area contributed by atoms with E-state index in [0.29, 0.717) is 36.7 Å². The third kappa shape index (κ3) is 22.5. The van der Waals surface area contributed by atoms with Crippen molar-refractivity contribution >= 4 is 11.9 Å². The molecule has 0 radical (unpaired) electrons. The second kappa shape index (κ2) is 28.7. The van der Waals surface area contributed by atoms with Crippen LogP contribution in [-0.2, 0) is 14.3 Å². The first-order valence-corrected chi connectivity index (χ1v) is 18.7. The van der Waals surface area contributed by atoms with Crippen molar-refractivity contribution in [3.05, 3.63) is 0 Å². The monoisotopic (exact) mass is 595 g/mol. The summed E-state index contributed by atoms with van der Waals surface area (Å²) in [6.45, 7) is 14.3. The second-order valence-electron chi connectivity index (χ2n) is 13.7. The third-order valence-electron chi connectivity index (χ3n) is 9.74. The number of carbonyl (C=O) groups excluding carboxylic acids is 1.